The maximum absolute atomic E-state index is 12.1. The van der Waals surface area contributed by atoms with Gasteiger partial charge in [0.25, 0.3) is 0 Å². The van der Waals surface area contributed by atoms with Gasteiger partial charge in [-0.3, -0.25) is 4.79 Å². The number of carbonyl (C=O) groups excluding carboxylic acids is 2. The molecule has 0 N–H and O–H groups in total. The number of hydrogen-bond donors (Lipinski definition) is 0. The van der Waals surface area contributed by atoms with Gasteiger partial charge in [0.1, 0.15) is 24.4 Å². The summed E-state index contributed by atoms with van der Waals surface area (Å²) >= 11 is 0. The van der Waals surface area contributed by atoms with E-state index in [0.29, 0.717) is 13.0 Å². The Morgan fingerprint density at radius 2 is 1.70 bits per heavy atom. The highest BCUT2D eigenvalue weighted by Gasteiger charge is 2.74. The summed E-state index contributed by atoms with van der Waals surface area (Å²) < 4.78 is 23.7. The van der Waals surface area contributed by atoms with E-state index < -0.39 is 17.4 Å². The second-order valence-corrected chi connectivity index (χ2v) is 10.5. The monoisotopic (exact) mass is 378 g/mol. The Balaban J connectivity index is 1.62. The van der Waals surface area contributed by atoms with E-state index in [0.717, 1.165) is 32.1 Å². The summed E-state index contributed by atoms with van der Waals surface area (Å²) in [6.45, 7) is 9.38. The van der Waals surface area contributed by atoms with Crippen molar-refractivity contribution in [2.45, 2.75) is 89.6 Å². The van der Waals surface area contributed by atoms with Crippen molar-refractivity contribution in [2.24, 2.45) is 22.7 Å². The molecule has 0 aromatic heterocycles. The molecular formula is C21H30O6. The van der Waals surface area contributed by atoms with E-state index in [1.807, 2.05) is 0 Å². The normalized spacial score (nSPS) is 53.0. The Morgan fingerprint density at radius 1 is 0.963 bits per heavy atom. The SMILES string of the molecule is C[C@H]1[C@H]2OC(=O)O[C@H]2[C@H]2C(C)(C)CCC[C@]2(C)[C@@]12CC[C@@]1(COC(=O)C1)O2. The van der Waals surface area contributed by atoms with Gasteiger partial charge in [-0.15, -0.1) is 0 Å². The summed E-state index contributed by atoms with van der Waals surface area (Å²) in [5.41, 5.74) is -1.06. The van der Waals surface area contributed by atoms with Crippen LogP contribution in [0.4, 0.5) is 4.79 Å². The highest BCUT2D eigenvalue weighted by molar-refractivity contribution is 5.73. The Kier molecular flexibility index (Phi) is 3.42. The predicted molar refractivity (Wildman–Crippen MR) is 94.9 cm³/mol. The highest BCUT2D eigenvalue weighted by Crippen LogP contribution is 2.69. The van der Waals surface area contributed by atoms with Gasteiger partial charge in [0.05, 0.1) is 12.0 Å². The van der Waals surface area contributed by atoms with Crippen molar-refractivity contribution in [3.63, 3.8) is 0 Å². The summed E-state index contributed by atoms with van der Waals surface area (Å²) in [7, 11) is 0. The van der Waals surface area contributed by atoms with Gasteiger partial charge >= 0.3 is 12.1 Å². The molecule has 3 saturated heterocycles. The minimum absolute atomic E-state index is 0.0131. The first-order chi connectivity index (χ1) is 12.6. The maximum Gasteiger partial charge on any atom is 0.509 e. The van der Waals surface area contributed by atoms with E-state index in [2.05, 4.69) is 27.7 Å². The number of rotatable bonds is 0. The van der Waals surface area contributed by atoms with Crippen LogP contribution in [-0.4, -0.2) is 42.1 Å². The summed E-state index contributed by atoms with van der Waals surface area (Å²) in [6.07, 6.45) is 4.23. The van der Waals surface area contributed by atoms with E-state index in [9.17, 15) is 9.59 Å². The van der Waals surface area contributed by atoms with Gasteiger partial charge in [-0.05, 0) is 31.1 Å². The molecule has 0 bridgehead atoms. The zero-order chi connectivity index (χ0) is 19.2. The first-order valence-electron chi connectivity index (χ1n) is 10.4. The molecule has 6 nitrogen and oxygen atoms in total. The number of hydrogen-bond acceptors (Lipinski definition) is 6. The lowest BCUT2D eigenvalue weighted by molar-refractivity contribution is -0.279. The van der Waals surface area contributed by atoms with Crippen molar-refractivity contribution in [1.29, 1.82) is 0 Å². The minimum atomic E-state index is -0.551. The van der Waals surface area contributed by atoms with Gasteiger partial charge in [-0.2, -0.15) is 0 Å². The zero-order valence-electron chi connectivity index (χ0n) is 16.7. The lowest BCUT2D eigenvalue weighted by Gasteiger charge is -2.65. The van der Waals surface area contributed by atoms with Gasteiger partial charge in [-0.1, -0.05) is 34.1 Å². The molecule has 5 rings (SSSR count). The first kappa shape index (κ1) is 17.8. The van der Waals surface area contributed by atoms with Crippen LogP contribution in [0.3, 0.4) is 0 Å². The van der Waals surface area contributed by atoms with Crippen molar-refractivity contribution in [3.05, 3.63) is 0 Å². The van der Waals surface area contributed by atoms with Crippen LogP contribution in [0, 0.1) is 22.7 Å². The molecule has 5 fully saturated rings. The molecule has 0 amide bonds. The van der Waals surface area contributed by atoms with Crippen molar-refractivity contribution < 1.29 is 28.5 Å². The first-order valence-corrected chi connectivity index (χ1v) is 10.4. The Labute approximate surface area is 160 Å². The average molecular weight is 378 g/mol. The summed E-state index contributed by atoms with van der Waals surface area (Å²) in [4.78, 5) is 23.9. The van der Waals surface area contributed by atoms with Gasteiger partial charge in [0, 0.05) is 17.3 Å². The van der Waals surface area contributed by atoms with Gasteiger partial charge in [0.15, 0.2) is 0 Å². The molecule has 0 aromatic carbocycles. The van der Waals surface area contributed by atoms with Crippen LogP contribution in [0.15, 0.2) is 0 Å². The zero-order valence-corrected chi connectivity index (χ0v) is 16.7. The highest BCUT2D eigenvalue weighted by atomic mass is 16.8. The third-order valence-electron chi connectivity index (χ3n) is 8.67. The summed E-state index contributed by atoms with van der Waals surface area (Å²) in [5, 5.41) is 0. The second kappa shape index (κ2) is 5.19. The van der Waals surface area contributed by atoms with Gasteiger partial charge < -0.3 is 18.9 Å². The predicted octanol–water partition coefficient (Wildman–Crippen LogP) is 3.61. The van der Waals surface area contributed by atoms with Crippen LogP contribution in [0.5, 0.6) is 0 Å². The number of carbonyl (C=O) groups is 2. The van der Waals surface area contributed by atoms with E-state index in [-0.39, 0.29) is 40.8 Å². The van der Waals surface area contributed by atoms with Crippen LogP contribution in [0.2, 0.25) is 0 Å². The number of cyclic esters (lactones) is 1. The fourth-order valence-electron chi connectivity index (χ4n) is 7.61. The quantitative estimate of drug-likeness (QED) is 0.600. The van der Waals surface area contributed by atoms with E-state index in [4.69, 9.17) is 18.9 Å². The summed E-state index contributed by atoms with van der Waals surface area (Å²) in [6, 6.07) is 0. The molecule has 2 aliphatic carbocycles. The van der Waals surface area contributed by atoms with Crippen LogP contribution in [-0.2, 0) is 23.7 Å². The molecule has 0 unspecified atom stereocenters. The fourth-order valence-corrected chi connectivity index (χ4v) is 7.61. The van der Waals surface area contributed by atoms with Crippen molar-refractivity contribution in [1.82, 2.24) is 0 Å². The van der Waals surface area contributed by atoms with Gasteiger partial charge in [-0.25, -0.2) is 4.79 Å². The molecule has 2 saturated carbocycles. The lowest BCUT2D eigenvalue weighted by Crippen LogP contribution is -2.70. The topological polar surface area (TPSA) is 71.1 Å². The molecule has 6 heteroatoms. The number of ether oxygens (including phenoxy) is 4. The van der Waals surface area contributed by atoms with Gasteiger partial charge in [0.2, 0.25) is 0 Å². The molecule has 0 aromatic rings. The van der Waals surface area contributed by atoms with Crippen LogP contribution in [0.1, 0.15) is 66.2 Å². The standard InChI is InChI=1S/C21H30O6/c1-12-14-15(26-17(23)25-14)16-18(2,3)6-5-7-19(16,4)21(12)9-8-20(27-21)10-13(22)24-11-20/h12,14-16H,5-11H2,1-4H3/t12-,14+,15+,16-,19-,20+,21+/m0/s1. The third kappa shape index (κ3) is 2.11. The van der Waals surface area contributed by atoms with Crippen LogP contribution in [0.25, 0.3) is 0 Å². The van der Waals surface area contributed by atoms with Crippen molar-refractivity contribution >= 4 is 12.1 Å². The molecule has 7 atom stereocenters. The maximum atomic E-state index is 12.1. The number of esters is 1. The third-order valence-corrected chi connectivity index (χ3v) is 8.67. The average Bonchev–Trinajstić information content (AvgIpc) is 3.24. The van der Waals surface area contributed by atoms with Crippen molar-refractivity contribution in [2.75, 3.05) is 6.61 Å². The van der Waals surface area contributed by atoms with Crippen LogP contribution >= 0.6 is 0 Å². The molecule has 27 heavy (non-hydrogen) atoms. The lowest BCUT2D eigenvalue weighted by atomic mass is 9.43. The molecule has 3 heterocycles. The molecule has 150 valence electrons. The number of fused-ring (bicyclic) bond motifs is 4. The van der Waals surface area contributed by atoms with E-state index >= 15 is 0 Å². The largest absolute Gasteiger partial charge is 0.509 e. The Morgan fingerprint density at radius 3 is 2.41 bits per heavy atom. The van der Waals surface area contributed by atoms with E-state index in [1.165, 1.54) is 0 Å². The second-order valence-electron chi connectivity index (χ2n) is 10.5. The Bertz CT molecular complexity index is 703. The fraction of sp³-hybridized carbons (Fsp3) is 0.905. The van der Waals surface area contributed by atoms with Crippen molar-refractivity contribution in [3.8, 4) is 0 Å². The van der Waals surface area contributed by atoms with Crippen LogP contribution < -0.4 is 0 Å². The molecule has 3 aliphatic heterocycles. The molecular weight excluding hydrogens is 348 g/mol. The minimum Gasteiger partial charge on any atom is -0.463 e. The molecule has 5 aliphatic rings. The Hall–Kier alpha value is -1.30. The summed E-state index contributed by atoms with van der Waals surface area (Å²) in [5.74, 6) is 0.00782. The molecule has 2 spiro atoms. The smallest absolute Gasteiger partial charge is 0.463 e. The molecule has 0 radical (unpaired) electrons. The van der Waals surface area contributed by atoms with E-state index in [1.54, 1.807) is 0 Å².